The van der Waals surface area contributed by atoms with Crippen molar-refractivity contribution in [2.75, 3.05) is 13.7 Å². The van der Waals surface area contributed by atoms with E-state index >= 15 is 0 Å². The number of aromatic nitrogens is 1. The number of methoxy groups -OCH3 is 1. The molecule has 2 N–H and O–H groups in total. The fraction of sp³-hybridized carbons (Fsp3) is 0.438. The zero-order valence-corrected chi connectivity index (χ0v) is 12.1. The summed E-state index contributed by atoms with van der Waals surface area (Å²) in [6.45, 7) is 2.61. The van der Waals surface area contributed by atoms with Crippen LogP contribution in [0.4, 0.5) is 0 Å². The van der Waals surface area contributed by atoms with Gasteiger partial charge in [0, 0.05) is 30.6 Å². The molecular formula is C16H22N2O2. The quantitative estimate of drug-likeness (QED) is 0.815. The van der Waals surface area contributed by atoms with E-state index in [0.29, 0.717) is 13.0 Å². The second-order valence-electron chi connectivity index (χ2n) is 4.99. The van der Waals surface area contributed by atoms with E-state index < -0.39 is 0 Å². The Labute approximate surface area is 119 Å². The van der Waals surface area contributed by atoms with Crippen LogP contribution >= 0.6 is 0 Å². The maximum Gasteiger partial charge on any atom is 0.220 e. The number of rotatable bonds is 7. The lowest BCUT2D eigenvalue weighted by Crippen LogP contribution is -2.37. The number of carbonyl (C=O) groups is 1. The summed E-state index contributed by atoms with van der Waals surface area (Å²) in [5, 5.41) is 4.20. The van der Waals surface area contributed by atoms with Crippen LogP contribution in [0, 0.1) is 0 Å². The second kappa shape index (κ2) is 7.10. The summed E-state index contributed by atoms with van der Waals surface area (Å²) in [5.74, 6) is 0.0826. The Kier molecular flexibility index (Phi) is 5.18. The van der Waals surface area contributed by atoms with Gasteiger partial charge in [0.25, 0.3) is 0 Å². The number of ether oxygens (including phenoxy) is 1. The molecule has 1 amide bonds. The third-order valence-corrected chi connectivity index (χ3v) is 3.52. The molecule has 1 unspecified atom stereocenters. The van der Waals surface area contributed by atoms with Crippen molar-refractivity contribution in [1.29, 1.82) is 0 Å². The lowest BCUT2D eigenvalue weighted by molar-refractivity contribution is -0.122. The first-order chi connectivity index (χ1) is 9.74. The number of fused-ring (bicyclic) bond motifs is 1. The summed E-state index contributed by atoms with van der Waals surface area (Å²) in [6.07, 6.45) is 4.12. The fourth-order valence-corrected chi connectivity index (χ4v) is 2.35. The molecule has 4 heteroatoms. The molecule has 1 heterocycles. The molecule has 0 fully saturated rings. The lowest BCUT2D eigenvalue weighted by Gasteiger charge is -2.15. The van der Waals surface area contributed by atoms with E-state index in [1.54, 1.807) is 7.11 Å². The number of para-hydroxylation sites is 1. The third kappa shape index (κ3) is 3.61. The third-order valence-electron chi connectivity index (χ3n) is 3.52. The van der Waals surface area contributed by atoms with Crippen LogP contribution in [-0.4, -0.2) is 30.6 Å². The van der Waals surface area contributed by atoms with Gasteiger partial charge >= 0.3 is 0 Å². The van der Waals surface area contributed by atoms with E-state index in [0.717, 1.165) is 18.4 Å². The highest BCUT2D eigenvalue weighted by atomic mass is 16.5. The summed E-state index contributed by atoms with van der Waals surface area (Å²) in [5.41, 5.74) is 2.31. The second-order valence-corrected chi connectivity index (χ2v) is 4.99. The summed E-state index contributed by atoms with van der Waals surface area (Å²) in [7, 11) is 1.65. The number of H-pyrrole nitrogens is 1. The van der Waals surface area contributed by atoms with Crippen LogP contribution < -0.4 is 5.32 Å². The topological polar surface area (TPSA) is 54.1 Å². The Morgan fingerprint density at radius 2 is 2.20 bits per heavy atom. The Morgan fingerprint density at radius 3 is 2.95 bits per heavy atom. The summed E-state index contributed by atoms with van der Waals surface area (Å²) in [4.78, 5) is 15.2. The van der Waals surface area contributed by atoms with Crippen molar-refractivity contribution in [1.82, 2.24) is 10.3 Å². The molecule has 0 spiro atoms. The van der Waals surface area contributed by atoms with E-state index in [2.05, 4.69) is 16.4 Å². The van der Waals surface area contributed by atoms with Gasteiger partial charge < -0.3 is 15.0 Å². The van der Waals surface area contributed by atoms with Gasteiger partial charge in [-0.15, -0.1) is 0 Å². The van der Waals surface area contributed by atoms with Gasteiger partial charge in [0.2, 0.25) is 5.91 Å². The minimum atomic E-state index is 0.0826. The van der Waals surface area contributed by atoms with Crippen LogP contribution in [0.15, 0.2) is 30.5 Å². The van der Waals surface area contributed by atoms with Crippen LogP contribution in [0.3, 0.4) is 0 Å². The van der Waals surface area contributed by atoms with Crippen molar-refractivity contribution in [3.63, 3.8) is 0 Å². The molecule has 1 atom stereocenters. The van der Waals surface area contributed by atoms with E-state index in [-0.39, 0.29) is 11.9 Å². The Morgan fingerprint density at radius 1 is 1.40 bits per heavy atom. The standard InChI is InChI=1S/C16H22N2O2/c1-3-13(11-20-2)18-16(19)9-8-12-10-17-15-7-5-4-6-14(12)15/h4-7,10,13,17H,3,8-9,11H2,1-2H3,(H,18,19). The maximum atomic E-state index is 11.9. The molecule has 0 aliphatic heterocycles. The normalized spacial score (nSPS) is 12.5. The number of benzene rings is 1. The molecule has 0 aliphatic carbocycles. The first-order valence-electron chi connectivity index (χ1n) is 7.08. The highest BCUT2D eigenvalue weighted by molar-refractivity contribution is 5.84. The molecule has 2 aromatic rings. The largest absolute Gasteiger partial charge is 0.383 e. The molecule has 108 valence electrons. The molecule has 1 aromatic carbocycles. The van der Waals surface area contributed by atoms with E-state index in [4.69, 9.17) is 4.74 Å². The van der Waals surface area contributed by atoms with Crippen molar-refractivity contribution >= 4 is 16.8 Å². The highest BCUT2D eigenvalue weighted by Gasteiger charge is 2.11. The van der Waals surface area contributed by atoms with Crippen LogP contribution in [0.25, 0.3) is 10.9 Å². The van der Waals surface area contributed by atoms with Gasteiger partial charge in [-0.25, -0.2) is 0 Å². The predicted molar refractivity (Wildman–Crippen MR) is 80.7 cm³/mol. The minimum Gasteiger partial charge on any atom is -0.383 e. The van der Waals surface area contributed by atoms with Gasteiger partial charge in [-0.3, -0.25) is 4.79 Å². The number of aryl methyl sites for hydroxylation is 1. The average molecular weight is 274 g/mol. The number of carbonyl (C=O) groups excluding carboxylic acids is 1. The first-order valence-corrected chi connectivity index (χ1v) is 7.08. The molecule has 0 bridgehead atoms. The van der Waals surface area contributed by atoms with Crippen LogP contribution in [0.5, 0.6) is 0 Å². The Hall–Kier alpha value is -1.81. The summed E-state index contributed by atoms with van der Waals surface area (Å²) in [6, 6.07) is 8.26. The van der Waals surface area contributed by atoms with Gasteiger partial charge in [0.05, 0.1) is 12.6 Å². The van der Waals surface area contributed by atoms with E-state index in [1.807, 2.05) is 31.3 Å². The average Bonchev–Trinajstić information content (AvgIpc) is 2.88. The molecule has 0 radical (unpaired) electrons. The molecule has 4 nitrogen and oxygen atoms in total. The molecule has 2 rings (SSSR count). The van der Waals surface area contributed by atoms with E-state index in [9.17, 15) is 4.79 Å². The highest BCUT2D eigenvalue weighted by Crippen LogP contribution is 2.18. The molecule has 0 aliphatic rings. The van der Waals surface area contributed by atoms with Gasteiger partial charge in [-0.2, -0.15) is 0 Å². The molecule has 0 saturated carbocycles. The monoisotopic (exact) mass is 274 g/mol. The van der Waals surface area contributed by atoms with Crippen molar-refractivity contribution in [3.8, 4) is 0 Å². The number of amides is 1. The van der Waals surface area contributed by atoms with Gasteiger partial charge in [-0.1, -0.05) is 25.1 Å². The lowest BCUT2D eigenvalue weighted by atomic mass is 10.1. The molecule has 0 saturated heterocycles. The fourth-order valence-electron chi connectivity index (χ4n) is 2.35. The van der Waals surface area contributed by atoms with Gasteiger partial charge in [0.1, 0.15) is 0 Å². The maximum absolute atomic E-state index is 11.9. The minimum absolute atomic E-state index is 0.0826. The van der Waals surface area contributed by atoms with Crippen molar-refractivity contribution < 1.29 is 9.53 Å². The summed E-state index contributed by atoms with van der Waals surface area (Å²) < 4.78 is 5.08. The van der Waals surface area contributed by atoms with Crippen molar-refractivity contribution in [2.45, 2.75) is 32.2 Å². The number of aromatic amines is 1. The Balaban J connectivity index is 1.90. The zero-order valence-electron chi connectivity index (χ0n) is 12.1. The van der Waals surface area contributed by atoms with Gasteiger partial charge in [0.15, 0.2) is 0 Å². The predicted octanol–water partition coefficient (Wildman–Crippen LogP) is 2.64. The summed E-state index contributed by atoms with van der Waals surface area (Å²) >= 11 is 0. The molecule has 20 heavy (non-hydrogen) atoms. The van der Waals surface area contributed by atoms with Crippen LogP contribution in [0.2, 0.25) is 0 Å². The molecule has 1 aromatic heterocycles. The number of nitrogens with one attached hydrogen (secondary N) is 2. The SMILES string of the molecule is CCC(COC)NC(=O)CCc1c[nH]c2ccccc12. The van der Waals surface area contributed by atoms with Crippen molar-refractivity contribution in [3.05, 3.63) is 36.0 Å². The van der Waals surface area contributed by atoms with Crippen LogP contribution in [0.1, 0.15) is 25.3 Å². The van der Waals surface area contributed by atoms with Crippen molar-refractivity contribution in [2.24, 2.45) is 0 Å². The van der Waals surface area contributed by atoms with Gasteiger partial charge in [-0.05, 0) is 24.5 Å². The zero-order chi connectivity index (χ0) is 14.4. The first kappa shape index (κ1) is 14.6. The Bertz CT molecular complexity index is 562. The number of hydrogen-bond donors (Lipinski definition) is 2. The molecular weight excluding hydrogens is 252 g/mol. The van der Waals surface area contributed by atoms with Crippen LogP contribution in [-0.2, 0) is 16.0 Å². The smallest absolute Gasteiger partial charge is 0.220 e. The van der Waals surface area contributed by atoms with E-state index in [1.165, 1.54) is 10.9 Å². The number of hydrogen-bond acceptors (Lipinski definition) is 2.